The van der Waals surface area contributed by atoms with Crippen molar-refractivity contribution < 1.29 is 13.2 Å². The summed E-state index contributed by atoms with van der Waals surface area (Å²) in [4.78, 5) is 4.38. The zero-order chi connectivity index (χ0) is 20.5. The normalized spacial score (nSPS) is 11.2. The molecule has 0 saturated heterocycles. The number of nitrogens with one attached hydrogen (secondary N) is 2. The van der Waals surface area contributed by atoms with E-state index in [0.717, 1.165) is 17.1 Å². The number of hydrogen-bond acceptors (Lipinski definition) is 5. The van der Waals surface area contributed by atoms with Gasteiger partial charge in [0.2, 0.25) is 10.0 Å². The SMILES string of the molecule is O=S(=O)(NCCc1cccc(OCCNc2ccccn2)c1)c1ccc(Cl)cc1. The van der Waals surface area contributed by atoms with Gasteiger partial charge in [-0.15, -0.1) is 0 Å². The van der Waals surface area contributed by atoms with Gasteiger partial charge in [0, 0.05) is 17.8 Å². The Morgan fingerprint density at radius 1 is 0.966 bits per heavy atom. The zero-order valence-electron chi connectivity index (χ0n) is 15.7. The van der Waals surface area contributed by atoms with E-state index in [2.05, 4.69) is 15.0 Å². The molecule has 0 unspecified atom stereocenters. The van der Waals surface area contributed by atoms with Crippen LogP contribution in [-0.4, -0.2) is 33.1 Å². The van der Waals surface area contributed by atoms with Crippen molar-refractivity contribution in [2.24, 2.45) is 0 Å². The van der Waals surface area contributed by atoms with Crippen LogP contribution in [0.25, 0.3) is 0 Å². The number of rotatable bonds is 10. The summed E-state index contributed by atoms with van der Waals surface area (Å²) in [5, 5.41) is 3.67. The van der Waals surface area contributed by atoms with Crippen molar-refractivity contribution in [3.05, 3.63) is 83.5 Å². The second-order valence-electron chi connectivity index (χ2n) is 6.24. The lowest BCUT2D eigenvalue weighted by Crippen LogP contribution is -2.25. The fraction of sp³-hybridized carbons (Fsp3) is 0.190. The first-order valence-corrected chi connectivity index (χ1v) is 11.0. The number of ether oxygens (including phenoxy) is 1. The van der Waals surface area contributed by atoms with Crippen LogP contribution in [0, 0.1) is 0 Å². The molecule has 0 bridgehead atoms. The second kappa shape index (κ2) is 10.2. The quantitative estimate of drug-likeness (QED) is 0.478. The summed E-state index contributed by atoms with van der Waals surface area (Å²) < 4.78 is 33.0. The zero-order valence-corrected chi connectivity index (χ0v) is 17.3. The van der Waals surface area contributed by atoms with Crippen molar-refractivity contribution in [3.63, 3.8) is 0 Å². The second-order valence-corrected chi connectivity index (χ2v) is 8.44. The number of nitrogens with zero attached hydrogens (tertiary/aromatic N) is 1. The Morgan fingerprint density at radius 3 is 2.55 bits per heavy atom. The maximum Gasteiger partial charge on any atom is 0.240 e. The van der Waals surface area contributed by atoms with Crippen LogP contribution < -0.4 is 14.8 Å². The number of sulfonamides is 1. The van der Waals surface area contributed by atoms with Crippen molar-refractivity contribution in [3.8, 4) is 5.75 Å². The molecule has 0 atom stereocenters. The first-order chi connectivity index (χ1) is 14.0. The van der Waals surface area contributed by atoms with Gasteiger partial charge in [0.1, 0.15) is 18.2 Å². The molecule has 0 aliphatic heterocycles. The van der Waals surface area contributed by atoms with E-state index in [1.165, 1.54) is 12.1 Å². The summed E-state index contributed by atoms with van der Waals surface area (Å²) in [5.74, 6) is 1.55. The van der Waals surface area contributed by atoms with Gasteiger partial charge in [0.15, 0.2) is 0 Å². The highest BCUT2D eigenvalue weighted by Gasteiger charge is 2.13. The van der Waals surface area contributed by atoms with Crippen molar-refractivity contribution in [1.29, 1.82) is 0 Å². The standard InChI is InChI=1S/C21H22ClN3O3S/c22-18-7-9-20(10-8-18)29(26,27)25-13-11-17-4-3-5-19(16-17)28-15-14-24-21-6-1-2-12-23-21/h1-10,12,16,25H,11,13-15H2,(H,23,24). The van der Waals surface area contributed by atoms with Crippen molar-refractivity contribution >= 4 is 27.4 Å². The Labute approximate surface area is 176 Å². The van der Waals surface area contributed by atoms with E-state index in [9.17, 15) is 8.42 Å². The van der Waals surface area contributed by atoms with Gasteiger partial charge in [-0.05, 0) is 60.5 Å². The summed E-state index contributed by atoms with van der Waals surface area (Å²) in [5.41, 5.74) is 0.985. The van der Waals surface area contributed by atoms with Gasteiger partial charge >= 0.3 is 0 Å². The van der Waals surface area contributed by atoms with E-state index in [-0.39, 0.29) is 11.4 Å². The van der Waals surface area contributed by atoms with Crippen molar-refractivity contribution in [1.82, 2.24) is 9.71 Å². The lowest BCUT2D eigenvalue weighted by atomic mass is 10.1. The molecule has 0 amide bonds. The molecule has 2 N–H and O–H groups in total. The molecular formula is C21H22ClN3O3S. The molecule has 8 heteroatoms. The van der Waals surface area contributed by atoms with E-state index in [0.29, 0.717) is 24.6 Å². The number of pyridine rings is 1. The average Bonchev–Trinajstić information content (AvgIpc) is 2.73. The number of aromatic nitrogens is 1. The molecule has 0 spiro atoms. The fourth-order valence-electron chi connectivity index (χ4n) is 2.63. The van der Waals surface area contributed by atoms with Gasteiger partial charge in [0.05, 0.1) is 11.4 Å². The summed E-state index contributed by atoms with van der Waals surface area (Å²) in [7, 11) is -3.56. The monoisotopic (exact) mass is 431 g/mol. The minimum atomic E-state index is -3.56. The van der Waals surface area contributed by atoms with E-state index in [1.54, 1.807) is 18.3 Å². The first kappa shape index (κ1) is 21.1. The van der Waals surface area contributed by atoms with Crippen LogP contribution in [0.4, 0.5) is 5.82 Å². The summed E-state index contributed by atoms with van der Waals surface area (Å²) in [6.07, 6.45) is 2.28. The Kier molecular flexibility index (Phi) is 7.46. The molecule has 3 rings (SSSR count). The van der Waals surface area contributed by atoms with Gasteiger partial charge < -0.3 is 10.1 Å². The summed E-state index contributed by atoms with van der Waals surface area (Å²) in [6, 6.07) is 19.4. The molecule has 152 valence electrons. The lowest BCUT2D eigenvalue weighted by molar-refractivity contribution is 0.332. The van der Waals surface area contributed by atoms with E-state index >= 15 is 0 Å². The Hall–Kier alpha value is -2.61. The van der Waals surface area contributed by atoms with Gasteiger partial charge in [-0.2, -0.15) is 0 Å². The lowest BCUT2D eigenvalue weighted by Gasteiger charge is -2.10. The maximum absolute atomic E-state index is 12.3. The highest BCUT2D eigenvalue weighted by Crippen LogP contribution is 2.15. The minimum Gasteiger partial charge on any atom is -0.492 e. The highest BCUT2D eigenvalue weighted by atomic mass is 35.5. The number of halogens is 1. The summed E-state index contributed by atoms with van der Waals surface area (Å²) in [6.45, 7) is 1.40. The molecule has 0 fully saturated rings. The Balaban J connectivity index is 1.45. The highest BCUT2D eigenvalue weighted by molar-refractivity contribution is 7.89. The molecule has 0 radical (unpaired) electrons. The van der Waals surface area contributed by atoms with Crippen molar-refractivity contribution in [2.45, 2.75) is 11.3 Å². The first-order valence-electron chi connectivity index (χ1n) is 9.15. The predicted octanol–water partition coefficient (Wildman–Crippen LogP) is 3.75. The van der Waals surface area contributed by atoms with Gasteiger partial charge in [-0.1, -0.05) is 29.8 Å². The van der Waals surface area contributed by atoms with Crippen LogP contribution in [0.1, 0.15) is 5.56 Å². The minimum absolute atomic E-state index is 0.194. The summed E-state index contributed by atoms with van der Waals surface area (Å²) >= 11 is 5.80. The van der Waals surface area contributed by atoms with Crippen LogP contribution in [-0.2, 0) is 16.4 Å². The van der Waals surface area contributed by atoms with E-state index in [4.69, 9.17) is 16.3 Å². The molecule has 29 heavy (non-hydrogen) atoms. The molecule has 3 aromatic rings. The third-order valence-corrected chi connectivity index (χ3v) is 5.80. The van der Waals surface area contributed by atoms with Gasteiger partial charge in [-0.25, -0.2) is 18.1 Å². The fourth-order valence-corrected chi connectivity index (χ4v) is 3.79. The van der Waals surface area contributed by atoms with Gasteiger partial charge in [0.25, 0.3) is 0 Å². The predicted molar refractivity (Wildman–Crippen MR) is 115 cm³/mol. The molecule has 1 heterocycles. The number of anilines is 1. The smallest absolute Gasteiger partial charge is 0.240 e. The molecule has 0 saturated carbocycles. The Morgan fingerprint density at radius 2 is 1.79 bits per heavy atom. The van der Waals surface area contributed by atoms with Crippen LogP contribution in [0.3, 0.4) is 0 Å². The molecule has 0 aliphatic rings. The molecular weight excluding hydrogens is 410 g/mol. The topological polar surface area (TPSA) is 80.3 Å². The average molecular weight is 432 g/mol. The molecule has 6 nitrogen and oxygen atoms in total. The largest absolute Gasteiger partial charge is 0.492 e. The molecule has 1 aromatic heterocycles. The van der Waals surface area contributed by atoms with Crippen LogP contribution in [0.2, 0.25) is 5.02 Å². The maximum atomic E-state index is 12.3. The van der Waals surface area contributed by atoms with Gasteiger partial charge in [-0.3, -0.25) is 0 Å². The molecule has 2 aromatic carbocycles. The third-order valence-electron chi connectivity index (χ3n) is 4.07. The van der Waals surface area contributed by atoms with E-state index in [1.807, 2.05) is 42.5 Å². The van der Waals surface area contributed by atoms with Crippen LogP contribution >= 0.6 is 11.6 Å². The number of hydrogen-bond donors (Lipinski definition) is 2. The number of benzene rings is 2. The van der Waals surface area contributed by atoms with Crippen molar-refractivity contribution in [2.75, 3.05) is 25.0 Å². The van der Waals surface area contributed by atoms with Crippen LogP contribution in [0.5, 0.6) is 5.75 Å². The van der Waals surface area contributed by atoms with Crippen LogP contribution in [0.15, 0.2) is 77.8 Å². The Bertz CT molecular complexity index is 1010. The molecule has 0 aliphatic carbocycles. The van der Waals surface area contributed by atoms with E-state index < -0.39 is 10.0 Å². The third kappa shape index (κ3) is 6.74.